The fraction of sp³-hybridized carbons (Fsp3) is 0.160. The molecule has 0 aliphatic rings. The van der Waals surface area contributed by atoms with E-state index < -0.39 is 86.4 Å². The average Bonchev–Trinajstić information content (AvgIpc) is 3.36. The van der Waals surface area contributed by atoms with Crippen molar-refractivity contribution in [3.8, 4) is 34.5 Å². The first-order chi connectivity index (χ1) is 33.0. The minimum absolute atomic E-state index is 0.0405. The van der Waals surface area contributed by atoms with Gasteiger partial charge in [-0.15, -0.1) is 0 Å². The van der Waals surface area contributed by atoms with E-state index in [0.717, 1.165) is 23.6 Å². The van der Waals surface area contributed by atoms with Gasteiger partial charge in [0.2, 0.25) is 23.3 Å². The third kappa shape index (κ3) is 13.5. The Kier molecular flexibility index (Phi) is 21.2. The van der Waals surface area contributed by atoms with Crippen molar-refractivity contribution >= 4 is 42.4 Å². The second kappa shape index (κ2) is 26.4. The van der Waals surface area contributed by atoms with E-state index in [-0.39, 0.29) is 47.7 Å². The molecule has 8 nitrogen and oxygen atoms in total. The molecule has 0 aliphatic heterocycles. The minimum atomic E-state index is -1.73. The first-order valence-electron chi connectivity index (χ1n) is 20.2. The maximum absolute atomic E-state index is 14.4. The van der Waals surface area contributed by atoms with Gasteiger partial charge in [-0.25, -0.2) is 27.5 Å². The van der Waals surface area contributed by atoms with Crippen LogP contribution in [0.5, 0.6) is 34.5 Å². The number of phenols is 2. The van der Waals surface area contributed by atoms with Gasteiger partial charge in [0.25, 0.3) is 0 Å². The zero-order valence-corrected chi connectivity index (χ0v) is 40.2. The standard InChI is InChI=1S/2C25H21F4NO3.2ClH.Ti/c2*1-4-10-33-25-21(28)19(26)23(20(27)22(25)29)30-13-16-11-17(32-3)12-18(24(16)31)14(2)15-8-6-5-7-9-15;;;/h2*4-9,11-14,31H,1,10H2,2-3H3;2*1H;/q;;;;+2/p-2. The molecule has 362 valence electrons. The van der Waals surface area contributed by atoms with Gasteiger partial charge in [-0.05, 0) is 35.4 Å². The number of aliphatic imine (C=N–C) groups is 2. The molecule has 0 radical (unpaired) electrons. The van der Waals surface area contributed by atoms with E-state index in [2.05, 4.69) is 32.6 Å². The van der Waals surface area contributed by atoms with Crippen molar-refractivity contribution < 1.29 is 81.3 Å². The van der Waals surface area contributed by atoms with E-state index in [4.69, 9.17) is 28.1 Å². The van der Waals surface area contributed by atoms with Gasteiger partial charge in [-0.2, -0.15) is 17.6 Å². The summed E-state index contributed by atoms with van der Waals surface area (Å²) in [6, 6.07) is 24.6. The van der Waals surface area contributed by atoms with Gasteiger partial charge in [0.05, 0.1) is 14.2 Å². The summed E-state index contributed by atoms with van der Waals surface area (Å²) in [5, 5.41) is 21.6. The second-order valence-electron chi connectivity index (χ2n) is 14.2. The molecule has 0 aliphatic carbocycles. The Balaban J connectivity index is 0.000000284. The van der Waals surface area contributed by atoms with E-state index in [0.29, 0.717) is 22.6 Å². The topological polar surface area (TPSA) is 102 Å². The number of halogens is 10. The zero-order chi connectivity index (χ0) is 50.9. The Labute approximate surface area is 409 Å². The molecule has 0 amide bonds. The van der Waals surface area contributed by atoms with E-state index >= 15 is 0 Å². The molecule has 6 aromatic carbocycles. The van der Waals surface area contributed by atoms with Crippen molar-refractivity contribution in [3.05, 3.63) is 190 Å². The summed E-state index contributed by atoms with van der Waals surface area (Å²) in [5.41, 5.74) is 0.423. The quantitative estimate of drug-likeness (QED) is 0.0329. The molecule has 0 heterocycles. The van der Waals surface area contributed by atoms with Crippen LogP contribution in [-0.2, 0) is 17.0 Å². The van der Waals surface area contributed by atoms with Gasteiger partial charge in [0.15, 0.2) is 34.8 Å². The van der Waals surface area contributed by atoms with E-state index in [1.807, 2.05) is 74.5 Å². The summed E-state index contributed by atoms with van der Waals surface area (Å²) < 4.78 is 134. The summed E-state index contributed by atoms with van der Waals surface area (Å²) in [5.74, 6) is -16.5. The summed E-state index contributed by atoms with van der Waals surface area (Å²) in [6.45, 7) is 9.63. The van der Waals surface area contributed by atoms with E-state index in [1.165, 1.54) is 38.5 Å². The SMILES string of the molecule is C=CCOc1c(F)c(F)c(N=Cc2cc(OC)cc(C(C)c3ccccc3)c2O)c(F)c1F.C=CCOc1c(F)c(F)c(N=Cc2cc(OC)cc(C(C)c3ccccc3)c2O)c(F)c1F.[Cl][Ti][Cl]. The fourth-order valence-corrected chi connectivity index (χ4v) is 6.47. The molecule has 2 unspecified atom stereocenters. The first-order valence-corrected chi connectivity index (χ1v) is 24.5. The number of benzene rings is 6. The number of methoxy groups -OCH3 is 2. The molecule has 0 saturated carbocycles. The predicted molar refractivity (Wildman–Crippen MR) is 247 cm³/mol. The third-order valence-corrected chi connectivity index (χ3v) is 10.0. The first kappa shape index (κ1) is 55.3. The molecule has 0 bridgehead atoms. The van der Waals surface area contributed by atoms with Crippen LogP contribution in [-0.4, -0.2) is 50.1 Å². The van der Waals surface area contributed by atoms with Gasteiger partial charge in [0.1, 0.15) is 47.6 Å². The monoisotopic (exact) mass is 1040 g/mol. The summed E-state index contributed by atoms with van der Waals surface area (Å²) in [7, 11) is 12.6. The van der Waals surface area contributed by atoms with Crippen molar-refractivity contribution in [2.45, 2.75) is 25.7 Å². The van der Waals surface area contributed by atoms with Gasteiger partial charge in [-0.3, -0.25) is 0 Å². The fourth-order valence-electron chi connectivity index (χ4n) is 6.47. The third-order valence-electron chi connectivity index (χ3n) is 10.0. The van der Waals surface area contributed by atoms with Crippen LogP contribution in [0, 0.1) is 46.5 Å². The van der Waals surface area contributed by atoms with Gasteiger partial charge in [-0.1, -0.05) is 99.8 Å². The van der Waals surface area contributed by atoms with Crippen LogP contribution in [0.2, 0.25) is 0 Å². The normalized spacial score (nSPS) is 11.7. The van der Waals surface area contributed by atoms with Crippen LogP contribution in [0.4, 0.5) is 46.5 Å². The van der Waals surface area contributed by atoms with E-state index in [9.17, 15) is 45.3 Å². The van der Waals surface area contributed by atoms with Gasteiger partial charge >= 0.3 is 35.6 Å². The van der Waals surface area contributed by atoms with Crippen LogP contribution >= 0.6 is 18.6 Å². The van der Waals surface area contributed by atoms with Crippen LogP contribution in [0.3, 0.4) is 0 Å². The molecular weight excluding hydrogens is 995 g/mol. The van der Waals surface area contributed by atoms with Gasteiger partial charge in [0, 0.05) is 46.5 Å². The Morgan fingerprint density at radius 3 is 1.13 bits per heavy atom. The number of nitrogens with zero attached hydrogens (tertiary/aromatic N) is 2. The molecule has 6 rings (SSSR count). The molecule has 2 atom stereocenters. The van der Waals surface area contributed by atoms with E-state index in [1.54, 1.807) is 12.1 Å². The Morgan fingerprint density at radius 2 is 0.855 bits per heavy atom. The number of hydrogen-bond acceptors (Lipinski definition) is 8. The number of rotatable bonds is 16. The molecular formula is C50H42Cl2F8N2O6Ti. The van der Waals surface area contributed by atoms with Crippen molar-refractivity contribution in [3.63, 3.8) is 0 Å². The number of ether oxygens (including phenoxy) is 4. The molecule has 69 heavy (non-hydrogen) atoms. The molecule has 2 N–H and O–H groups in total. The van der Waals surface area contributed by atoms with Gasteiger partial charge < -0.3 is 29.2 Å². The molecule has 0 saturated heterocycles. The summed E-state index contributed by atoms with van der Waals surface area (Å²) >= 11 is -0.556. The average molecular weight is 1040 g/mol. The summed E-state index contributed by atoms with van der Waals surface area (Å²) in [4.78, 5) is 7.16. The maximum atomic E-state index is 14.4. The summed E-state index contributed by atoms with van der Waals surface area (Å²) in [6.07, 6.45) is 4.15. The molecule has 0 fully saturated rings. The molecule has 0 aromatic heterocycles. The van der Waals surface area contributed by atoms with Crippen LogP contribution in [0.1, 0.15) is 59.1 Å². The number of aromatic hydroxyl groups is 2. The Hall–Kier alpha value is -6.33. The predicted octanol–water partition coefficient (Wildman–Crippen LogP) is 14.2. The van der Waals surface area contributed by atoms with Crippen LogP contribution < -0.4 is 18.9 Å². The number of phenolic OH excluding ortho intramolecular Hbond substituents is 2. The van der Waals surface area contributed by atoms with Crippen molar-refractivity contribution in [1.82, 2.24) is 0 Å². The Morgan fingerprint density at radius 1 is 0.551 bits per heavy atom. The number of hydrogen-bond donors (Lipinski definition) is 2. The van der Waals surface area contributed by atoms with Crippen LogP contribution in [0.25, 0.3) is 0 Å². The van der Waals surface area contributed by atoms with Crippen LogP contribution in [0.15, 0.2) is 120 Å². The van der Waals surface area contributed by atoms with Crippen molar-refractivity contribution in [2.75, 3.05) is 27.4 Å². The second-order valence-corrected chi connectivity index (χ2v) is 16.8. The molecule has 0 spiro atoms. The Bertz CT molecular complexity index is 2560. The molecule has 19 heteroatoms. The zero-order valence-electron chi connectivity index (χ0n) is 37.1. The van der Waals surface area contributed by atoms with Crippen molar-refractivity contribution in [1.29, 1.82) is 0 Å². The van der Waals surface area contributed by atoms with Crippen molar-refractivity contribution in [2.24, 2.45) is 9.98 Å². The molecule has 6 aromatic rings.